The highest BCUT2D eigenvalue weighted by molar-refractivity contribution is 7.09. The first-order valence-corrected chi connectivity index (χ1v) is 8.36. The number of hydrogen-bond donors (Lipinski definition) is 1. The van der Waals surface area contributed by atoms with Crippen molar-refractivity contribution in [2.45, 2.75) is 51.5 Å². The third-order valence-corrected chi connectivity index (χ3v) is 5.45. The highest BCUT2D eigenvalue weighted by atomic mass is 32.1. The third kappa shape index (κ3) is 3.18. The standard InChI is InChI=1S/C15H27N3S/c1-5-18-9-6-7-15(16-4,8-10-18)14-17-13(11-19-14)12(2)3/h11-12,16H,5-10H2,1-4H3. The summed E-state index contributed by atoms with van der Waals surface area (Å²) in [6.07, 6.45) is 3.62. The van der Waals surface area contributed by atoms with Gasteiger partial charge in [-0.05, 0) is 45.3 Å². The molecule has 0 amide bonds. The minimum atomic E-state index is 0.0989. The van der Waals surface area contributed by atoms with E-state index in [1.807, 2.05) is 11.3 Å². The molecule has 3 nitrogen and oxygen atoms in total. The molecule has 1 unspecified atom stereocenters. The summed E-state index contributed by atoms with van der Waals surface area (Å²) < 4.78 is 0. The molecule has 0 aromatic carbocycles. The Morgan fingerprint density at radius 2 is 2.21 bits per heavy atom. The van der Waals surface area contributed by atoms with Crippen LogP contribution in [0, 0.1) is 0 Å². The lowest BCUT2D eigenvalue weighted by atomic mass is 9.91. The van der Waals surface area contributed by atoms with Crippen molar-refractivity contribution < 1.29 is 0 Å². The predicted octanol–water partition coefficient (Wildman–Crippen LogP) is 3.19. The Morgan fingerprint density at radius 1 is 1.42 bits per heavy atom. The predicted molar refractivity (Wildman–Crippen MR) is 82.9 cm³/mol. The summed E-state index contributed by atoms with van der Waals surface area (Å²) in [5, 5.41) is 7.12. The Hall–Kier alpha value is -0.450. The zero-order chi connectivity index (χ0) is 13.9. The molecule has 0 spiro atoms. The second-order valence-corrected chi connectivity index (χ2v) is 6.71. The quantitative estimate of drug-likeness (QED) is 0.918. The normalized spacial score (nSPS) is 25.7. The molecule has 1 aliphatic rings. The molecule has 1 fully saturated rings. The maximum atomic E-state index is 4.91. The fraction of sp³-hybridized carbons (Fsp3) is 0.800. The van der Waals surface area contributed by atoms with E-state index >= 15 is 0 Å². The van der Waals surface area contributed by atoms with Crippen LogP contribution in [0.2, 0.25) is 0 Å². The van der Waals surface area contributed by atoms with Crippen LogP contribution in [0.3, 0.4) is 0 Å². The first-order valence-electron chi connectivity index (χ1n) is 7.48. The smallest absolute Gasteiger partial charge is 0.113 e. The second kappa shape index (κ2) is 6.33. The average molecular weight is 281 g/mol. The minimum absolute atomic E-state index is 0.0989. The third-order valence-electron chi connectivity index (χ3n) is 4.38. The zero-order valence-corrected chi connectivity index (χ0v) is 13.5. The van der Waals surface area contributed by atoms with E-state index in [0.29, 0.717) is 5.92 Å². The fourth-order valence-electron chi connectivity index (χ4n) is 2.85. The van der Waals surface area contributed by atoms with Gasteiger partial charge >= 0.3 is 0 Å². The van der Waals surface area contributed by atoms with Crippen molar-refractivity contribution in [3.05, 3.63) is 16.1 Å². The van der Waals surface area contributed by atoms with Crippen molar-refractivity contribution in [3.63, 3.8) is 0 Å². The Balaban J connectivity index is 2.21. The van der Waals surface area contributed by atoms with Crippen molar-refractivity contribution in [1.82, 2.24) is 15.2 Å². The van der Waals surface area contributed by atoms with Gasteiger partial charge < -0.3 is 10.2 Å². The SMILES string of the molecule is CCN1CCCC(NC)(c2nc(C(C)C)cs2)CC1. The van der Waals surface area contributed by atoms with Gasteiger partial charge in [0.2, 0.25) is 0 Å². The lowest BCUT2D eigenvalue weighted by molar-refractivity contribution is 0.273. The number of nitrogens with zero attached hydrogens (tertiary/aromatic N) is 2. The molecule has 4 heteroatoms. The van der Waals surface area contributed by atoms with Crippen LogP contribution >= 0.6 is 11.3 Å². The first-order chi connectivity index (χ1) is 9.11. The van der Waals surface area contributed by atoms with Crippen molar-refractivity contribution >= 4 is 11.3 Å². The van der Waals surface area contributed by atoms with Crippen LogP contribution in [0.15, 0.2) is 5.38 Å². The van der Waals surface area contributed by atoms with Gasteiger partial charge in [0.05, 0.1) is 11.2 Å². The molecule has 2 heterocycles. The van der Waals surface area contributed by atoms with E-state index in [1.165, 1.54) is 43.1 Å². The molecule has 1 atom stereocenters. The van der Waals surface area contributed by atoms with Gasteiger partial charge in [0.15, 0.2) is 0 Å². The molecule has 0 bridgehead atoms. The van der Waals surface area contributed by atoms with Gasteiger partial charge in [-0.25, -0.2) is 4.98 Å². The van der Waals surface area contributed by atoms with Crippen molar-refractivity contribution in [3.8, 4) is 0 Å². The summed E-state index contributed by atoms with van der Waals surface area (Å²) >= 11 is 1.83. The van der Waals surface area contributed by atoms with Crippen LogP contribution in [0.4, 0.5) is 0 Å². The Labute approximate surface area is 121 Å². The Bertz CT molecular complexity index is 402. The van der Waals surface area contributed by atoms with Gasteiger partial charge in [0, 0.05) is 11.9 Å². The molecule has 1 saturated heterocycles. The number of rotatable bonds is 4. The molecule has 1 aliphatic heterocycles. The minimum Gasteiger partial charge on any atom is -0.308 e. The van der Waals surface area contributed by atoms with Gasteiger partial charge in [-0.3, -0.25) is 0 Å². The summed E-state index contributed by atoms with van der Waals surface area (Å²) in [4.78, 5) is 7.46. The van der Waals surface area contributed by atoms with E-state index in [9.17, 15) is 0 Å². The van der Waals surface area contributed by atoms with E-state index in [1.54, 1.807) is 0 Å². The van der Waals surface area contributed by atoms with E-state index in [2.05, 4.69) is 43.4 Å². The highest BCUT2D eigenvalue weighted by Crippen LogP contribution is 2.35. The molecule has 0 radical (unpaired) electrons. The molecule has 2 rings (SSSR count). The fourth-order valence-corrected chi connectivity index (χ4v) is 4.10. The molecule has 108 valence electrons. The topological polar surface area (TPSA) is 28.2 Å². The Morgan fingerprint density at radius 3 is 2.79 bits per heavy atom. The van der Waals surface area contributed by atoms with E-state index < -0.39 is 0 Å². The summed E-state index contributed by atoms with van der Waals surface area (Å²) in [7, 11) is 2.10. The number of thiazole rings is 1. The lowest BCUT2D eigenvalue weighted by Crippen LogP contribution is -2.41. The molecule has 1 N–H and O–H groups in total. The van der Waals surface area contributed by atoms with Gasteiger partial charge in [-0.15, -0.1) is 11.3 Å². The van der Waals surface area contributed by atoms with Gasteiger partial charge in [0.25, 0.3) is 0 Å². The molecular formula is C15H27N3S. The number of hydrogen-bond acceptors (Lipinski definition) is 4. The van der Waals surface area contributed by atoms with Crippen LogP contribution in [0.1, 0.15) is 56.7 Å². The number of nitrogens with one attached hydrogen (secondary N) is 1. The van der Waals surface area contributed by atoms with Gasteiger partial charge in [0.1, 0.15) is 5.01 Å². The monoisotopic (exact) mass is 281 g/mol. The van der Waals surface area contributed by atoms with Crippen molar-refractivity contribution in [2.75, 3.05) is 26.7 Å². The number of aromatic nitrogens is 1. The maximum Gasteiger partial charge on any atom is 0.113 e. The highest BCUT2D eigenvalue weighted by Gasteiger charge is 2.35. The van der Waals surface area contributed by atoms with E-state index in [4.69, 9.17) is 4.98 Å². The van der Waals surface area contributed by atoms with E-state index in [-0.39, 0.29) is 5.54 Å². The second-order valence-electron chi connectivity index (χ2n) is 5.85. The Kier molecular flexibility index (Phi) is 4.98. The van der Waals surface area contributed by atoms with Crippen molar-refractivity contribution in [2.24, 2.45) is 0 Å². The molecular weight excluding hydrogens is 254 g/mol. The molecule has 1 aromatic heterocycles. The van der Waals surface area contributed by atoms with Crippen LogP contribution in [0.5, 0.6) is 0 Å². The molecule has 1 aromatic rings. The largest absolute Gasteiger partial charge is 0.308 e. The summed E-state index contributed by atoms with van der Waals surface area (Å²) in [6.45, 7) is 10.3. The maximum absolute atomic E-state index is 4.91. The van der Waals surface area contributed by atoms with E-state index in [0.717, 1.165) is 6.54 Å². The first kappa shape index (κ1) is 14.9. The van der Waals surface area contributed by atoms with Gasteiger partial charge in [-0.2, -0.15) is 0 Å². The lowest BCUT2D eigenvalue weighted by Gasteiger charge is -2.30. The van der Waals surface area contributed by atoms with Gasteiger partial charge in [-0.1, -0.05) is 20.8 Å². The zero-order valence-electron chi connectivity index (χ0n) is 12.7. The van der Waals surface area contributed by atoms with Crippen molar-refractivity contribution in [1.29, 1.82) is 0 Å². The molecule has 0 saturated carbocycles. The average Bonchev–Trinajstić information content (AvgIpc) is 2.81. The molecule has 19 heavy (non-hydrogen) atoms. The van der Waals surface area contributed by atoms with Crippen LogP contribution < -0.4 is 5.32 Å². The summed E-state index contributed by atoms with van der Waals surface area (Å²) in [5.41, 5.74) is 1.34. The van der Waals surface area contributed by atoms with Crippen LogP contribution in [-0.2, 0) is 5.54 Å². The van der Waals surface area contributed by atoms with Crippen LogP contribution in [0.25, 0.3) is 0 Å². The summed E-state index contributed by atoms with van der Waals surface area (Å²) in [6, 6.07) is 0. The van der Waals surface area contributed by atoms with Crippen LogP contribution in [-0.4, -0.2) is 36.6 Å². The number of likely N-dealkylation sites (tertiary alicyclic amines) is 1. The molecule has 0 aliphatic carbocycles. The summed E-state index contributed by atoms with van der Waals surface area (Å²) in [5.74, 6) is 0.525.